The van der Waals surface area contributed by atoms with Crippen LogP contribution >= 0.6 is 0 Å². The van der Waals surface area contributed by atoms with E-state index < -0.39 is 0 Å². The van der Waals surface area contributed by atoms with E-state index in [1.165, 1.54) is 31.8 Å². The molecule has 3 fully saturated rings. The maximum atomic E-state index is 13.6. The van der Waals surface area contributed by atoms with Gasteiger partial charge in [-0.25, -0.2) is 0 Å². The fraction of sp³-hybridized carbons (Fsp3) is 0.862. The summed E-state index contributed by atoms with van der Waals surface area (Å²) >= 11 is 0. The molecule has 0 saturated heterocycles. The minimum atomic E-state index is -0.211. The van der Waals surface area contributed by atoms with Crippen LogP contribution in [0.1, 0.15) is 99.8 Å². The Bertz CT molecular complexity index is 807. The molecule has 4 rings (SSSR count). The number of ketones is 1. The number of esters is 1. The third-order valence-electron chi connectivity index (χ3n) is 10.1. The van der Waals surface area contributed by atoms with Gasteiger partial charge in [-0.05, 0) is 106 Å². The number of rotatable bonds is 5. The monoisotopic (exact) mass is 458 g/mol. The Hall–Kier alpha value is -1.16. The van der Waals surface area contributed by atoms with Crippen LogP contribution in [-0.4, -0.2) is 30.1 Å². The first-order valence-corrected chi connectivity index (χ1v) is 13.4. The average molecular weight is 459 g/mol. The molecule has 0 aromatic rings. The molecule has 0 bridgehead atoms. The van der Waals surface area contributed by atoms with Gasteiger partial charge in [0, 0.05) is 25.9 Å². The number of fused-ring (bicyclic) bond motifs is 5. The molecule has 0 radical (unpaired) electrons. The number of carbonyl (C=O) groups excluding carboxylic acids is 2. The Labute approximate surface area is 201 Å². The van der Waals surface area contributed by atoms with Gasteiger partial charge in [0.15, 0.2) is 5.78 Å². The largest absolute Gasteiger partial charge is 0.462 e. The highest BCUT2D eigenvalue weighted by Gasteiger charge is 2.61. The van der Waals surface area contributed by atoms with Crippen LogP contribution in [-0.2, 0) is 19.1 Å². The lowest BCUT2D eigenvalue weighted by Crippen LogP contribution is -2.54. The standard InChI is InChI=1S/C29H46O4/c1-18(12-15-32-27(3,4)5)22-8-9-23-26-24(11-14-29(22,23)7)28(6)13-10-21(33-19(2)30)16-20(28)17-25(26)31/h17-18,21-24,26H,8-16H2,1-7H3/t18-,21+,22-,23+,24+,26+,28+,29-/m1/s1. The fourth-order valence-electron chi connectivity index (χ4n) is 8.43. The zero-order valence-electron chi connectivity index (χ0n) is 22.0. The van der Waals surface area contributed by atoms with Crippen LogP contribution in [0.3, 0.4) is 0 Å². The van der Waals surface area contributed by atoms with Gasteiger partial charge in [0.25, 0.3) is 0 Å². The third kappa shape index (κ3) is 4.58. The SMILES string of the molecule is CC(=O)O[C@H]1CC[C@@]2(C)C(=CC(=O)[C@H]3[C@@H]4CC[C@H]([C@H](C)CCOC(C)(C)C)[C@@]4(C)CC[C@@H]32)C1. The van der Waals surface area contributed by atoms with Crippen LogP contribution in [0.5, 0.6) is 0 Å². The summed E-state index contributed by atoms with van der Waals surface area (Å²) < 4.78 is 11.6. The highest BCUT2D eigenvalue weighted by Crippen LogP contribution is 2.66. The van der Waals surface area contributed by atoms with E-state index in [1.807, 2.05) is 6.08 Å². The molecule has 0 N–H and O–H groups in total. The van der Waals surface area contributed by atoms with Crippen LogP contribution in [0, 0.1) is 40.4 Å². The molecular weight excluding hydrogens is 412 g/mol. The molecule has 0 aromatic heterocycles. The predicted octanol–water partition coefficient (Wildman–Crippen LogP) is 6.52. The molecule has 4 aliphatic carbocycles. The van der Waals surface area contributed by atoms with Gasteiger partial charge in [0.05, 0.1) is 5.60 Å². The Kier molecular flexibility index (Phi) is 6.66. The summed E-state index contributed by atoms with van der Waals surface area (Å²) in [5.74, 6) is 2.56. The lowest BCUT2D eigenvalue weighted by Gasteiger charge is -2.57. The molecule has 33 heavy (non-hydrogen) atoms. The third-order valence-corrected chi connectivity index (χ3v) is 10.1. The number of carbonyl (C=O) groups is 2. The van der Waals surface area contributed by atoms with Gasteiger partial charge in [0.1, 0.15) is 6.10 Å². The molecule has 0 heterocycles. The van der Waals surface area contributed by atoms with Gasteiger partial charge in [-0.3, -0.25) is 9.59 Å². The normalized spacial score (nSPS) is 41.5. The summed E-state index contributed by atoms with van der Waals surface area (Å²) in [6.45, 7) is 16.0. The molecule has 4 aliphatic rings. The molecular formula is C29H46O4. The fourth-order valence-corrected chi connectivity index (χ4v) is 8.43. The summed E-state index contributed by atoms with van der Waals surface area (Å²) in [7, 11) is 0. The van der Waals surface area contributed by atoms with Crippen molar-refractivity contribution in [1.29, 1.82) is 0 Å². The van der Waals surface area contributed by atoms with E-state index in [1.54, 1.807) is 0 Å². The van der Waals surface area contributed by atoms with E-state index in [4.69, 9.17) is 9.47 Å². The first kappa shape index (κ1) is 24.9. The predicted molar refractivity (Wildman–Crippen MR) is 131 cm³/mol. The zero-order valence-corrected chi connectivity index (χ0v) is 22.0. The van der Waals surface area contributed by atoms with Crippen LogP contribution < -0.4 is 0 Å². The topological polar surface area (TPSA) is 52.6 Å². The quantitative estimate of drug-likeness (QED) is 0.440. The molecule has 0 aliphatic heterocycles. The maximum Gasteiger partial charge on any atom is 0.302 e. The van der Waals surface area contributed by atoms with Crippen molar-refractivity contribution in [2.75, 3.05) is 6.61 Å². The summed E-state index contributed by atoms with van der Waals surface area (Å²) in [4.78, 5) is 25.1. The Morgan fingerprint density at radius 2 is 1.85 bits per heavy atom. The van der Waals surface area contributed by atoms with Crippen molar-refractivity contribution in [2.24, 2.45) is 40.4 Å². The lowest BCUT2D eigenvalue weighted by molar-refractivity contribution is -0.149. The van der Waals surface area contributed by atoms with Gasteiger partial charge in [-0.1, -0.05) is 26.3 Å². The van der Waals surface area contributed by atoms with E-state index in [9.17, 15) is 9.59 Å². The molecule has 4 heteroatoms. The molecule has 0 spiro atoms. The lowest BCUT2D eigenvalue weighted by atomic mass is 9.46. The van der Waals surface area contributed by atoms with Crippen molar-refractivity contribution in [2.45, 2.75) is 112 Å². The highest BCUT2D eigenvalue weighted by atomic mass is 16.5. The average Bonchev–Trinajstić information content (AvgIpc) is 3.05. The Morgan fingerprint density at radius 1 is 1.12 bits per heavy atom. The van der Waals surface area contributed by atoms with E-state index in [-0.39, 0.29) is 34.4 Å². The summed E-state index contributed by atoms with van der Waals surface area (Å²) in [5, 5.41) is 0. The number of hydrogen-bond donors (Lipinski definition) is 0. The van der Waals surface area contributed by atoms with Crippen molar-refractivity contribution in [3.05, 3.63) is 11.6 Å². The summed E-state index contributed by atoms with van der Waals surface area (Å²) in [6.07, 6.45) is 10.5. The van der Waals surface area contributed by atoms with Gasteiger partial charge in [-0.2, -0.15) is 0 Å². The molecule has 0 amide bonds. The Balaban J connectivity index is 1.51. The van der Waals surface area contributed by atoms with Crippen molar-refractivity contribution >= 4 is 11.8 Å². The molecule has 4 nitrogen and oxygen atoms in total. The zero-order chi connectivity index (χ0) is 24.2. The van der Waals surface area contributed by atoms with E-state index >= 15 is 0 Å². The minimum Gasteiger partial charge on any atom is -0.462 e. The Morgan fingerprint density at radius 3 is 2.52 bits per heavy atom. The van der Waals surface area contributed by atoms with E-state index in [0.29, 0.717) is 29.5 Å². The highest BCUT2D eigenvalue weighted by molar-refractivity contribution is 5.94. The summed E-state index contributed by atoms with van der Waals surface area (Å²) in [5.41, 5.74) is 1.51. The van der Waals surface area contributed by atoms with Gasteiger partial charge >= 0.3 is 5.97 Å². The number of ether oxygens (including phenoxy) is 2. The van der Waals surface area contributed by atoms with Crippen LogP contribution in [0.2, 0.25) is 0 Å². The minimum absolute atomic E-state index is 0.0629. The summed E-state index contributed by atoms with van der Waals surface area (Å²) in [6, 6.07) is 0. The maximum absolute atomic E-state index is 13.6. The van der Waals surface area contributed by atoms with Crippen molar-refractivity contribution in [3.8, 4) is 0 Å². The molecule has 0 aromatic carbocycles. The van der Waals surface area contributed by atoms with Gasteiger partial charge in [-0.15, -0.1) is 0 Å². The first-order chi connectivity index (χ1) is 15.3. The van der Waals surface area contributed by atoms with Gasteiger partial charge < -0.3 is 9.47 Å². The van der Waals surface area contributed by atoms with Crippen molar-refractivity contribution < 1.29 is 19.1 Å². The number of hydrogen-bond acceptors (Lipinski definition) is 4. The second-order valence-corrected chi connectivity index (χ2v) is 13.2. The molecule has 186 valence electrons. The van der Waals surface area contributed by atoms with Crippen molar-refractivity contribution in [1.82, 2.24) is 0 Å². The van der Waals surface area contributed by atoms with E-state index in [2.05, 4.69) is 41.5 Å². The number of allylic oxidation sites excluding steroid dienone is 1. The van der Waals surface area contributed by atoms with Crippen LogP contribution in [0.4, 0.5) is 0 Å². The van der Waals surface area contributed by atoms with Crippen LogP contribution in [0.15, 0.2) is 11.6 Å². The second-order valence-electron chi connectivity index (χ2n) is 13.2. The second kappa shape index (κ2) is 8.81. The van der Waals surface area contributed by atoms with Gasteiger partial charge in [0.2, 0.25) is 0 Å². The smallest absolute Gasteiger partial charge is 0.302 e. The first-order valence-electron chi connectivity index (χ1n) is 13.4. The van der Waals surface area contributed by atoms with Crippen molar-refractivity contribution in [3.63, 3.8) is 0 Å². The van der Waals surface area contributed by atoms with E-state index in [0.717, 1.165) is 38.7 Å². The molecule has 3 saturated carbocycles. The van der Waals surface area contributed by atoms with Crippen LogP contribution in [0.25, 0.3) is 0 Å². The molecule has 0 unspecified atom stereocenters. The molecule has 8 atom stereocenters.